The van der Waals surface area contributed by atoms with Crippen LogP contribution in [0.3, 0.4) is 0 Å². The molecule has 1 heterocycles. The number of rotatable bonds is 8. The van der Waals surface area contributed by atoms with E-state index in [0.29, 0.717) is 40.4 Å². The van der Waals surface area contributed by atoms with Gasteiger partial charge in [-0.15, -0.1) is 0 Å². The Morgan fingerprint density at radius 3 is 2.48 bits per heavy atom. The topological polar surface area (TPSA) is 57.9 Å². The molecule has 1 aromatic heterocycles. The minimum atomic E-state index is -0.168. The van der Waals surface area contributed by atoms with Crippen molar-refractivity contribution in [1.29, 1.82) is 0 Å². The summed E-state index contributed by atoms with van der Waals surface area (Å²) in [5.74, 6) is 1.80. The highest BCUT2D eigenvalue weighted by molar-refractivity contribution is 5.82. The minimum Gasteiger partial charge on any atom is -0.493 e. The molecule has 0 spiro atoms. The van der Waals surface area contributed by atoms with Crippen LogP contribution in [0.1, 0.15) is 26.2 Å². The van der Waals surface area contributed by atoms with Crippen molar-refractivity contribution in [3.63, 3.8) is 0 Å². The third-order valence-corrected chi connectivity index (χ3v) is 4.40. The summed E-state index contributed by atoms with van der Waals surface area (Å²) in [7, 11) is 3.15. The van der Waals surface area contributed by atoms with E-state index in [1.165, 1.54) is 0 Å². The second kappa shape index (κ2) is 8.62. The molecule has 0 saturated heterocycles. The molecule has 142 valence electrons. The van der Waals surface area contributed by atoms with E-state index in [1.807, 2.05) is 18.2 Å². The molecule has 0 aliphatic rings. The van der Waals surface area contributed by atoms with Crippen LogP contribution >= 0.6 is 0 Å². The quantitative estimate of drug-likeness (QED) is 0.521. The first-order chi connectivity index (χ1) is 13.2. The van der Waals surface area contributed by atoms with E-state index < -0.39 is 0 Å². The molecule has 0 amide bonds. The van der Waals surface area contributed by atoms with Gasteiger partial charge >= 0.3 is 0 Å². The molecule has 27 heavy (non-hydrogen) atoms. The molecule has 5 nitrogen and oxygen atoms in total. The predicted octanol–water partition coefficient (Wildman–Crippen LogP) is 5.05. The lowest BCUT2D eigenvalue weighted by atomic mass is 10.1. The maximum atomic E-state index is 13.0. The molecule has 0 fully saturated rings. The van der Waals surface area contributed by atoms with Crippen molar-refractivity contribution in [2.24, 2.45) is 0 Å². The zero-order chi connectivity index (χ0) is 19.2. The van der Waals surface area contributed by atoms with E-state index in [9.17, 15) is 4.79 Å². The molecular formula is C22H24O5. The van der Waals surface area contributed by atoms with Gasteiger partial charge in [-0.05, 0) is 36.8 Å². The Hall–Kier alpha value is -2.95. The zero-order valence-electron chi connectivity index (χ0n) is 15.9. The van der Waals surface area contributed by atoms with Gasteiger partial charge in [0.05, 0.1) is 26.2 Å². The largest absolute Gasteiger partial charge is 0.493 e. The van der Waals surface area contributed by atoms with Crippen LogP contribution in [-0.2, 0) is 0 Å². The Kier molecular flexibility index (Phi) is 6.01. The van der Waals surface area contributed by atoms with Gasteiger partial charge in [-0.1, -0.05) is 31.9 Å². The van der Waals surface area contributed by atoms with Crippen LogP contribution < -0.4 is 19.6 Å². The van der Waals surface area contributed by atoms with E-state index in [-0.39, 0.29) is 11.2 Å². The van der Waals surface area contributed by atoms with Crippen molar-refractivity contribution in [3.05, 3.63) is 52.7 Å². The number of methoxy groups -OCH3 is 2. The lowest BCUT2D eigenvalue weighted by Gasteiger charge is -2.13. The van der Waals surface area contributed by atoms with Crippen LogP contribution in [0.2, 0.25) is 0 Å². The molecule has 0 unspecified atom stereocenters. The molecule has 0 N–H and O–H groups in total. The molecule has 5 heteroatoms. The van der Waals surface area contributed by atoms with Gasteiger partial charge in [-0.25, -0.2) is 0 Å². The van der Waals surface area contributed by atoms with Gasteiger partial charge in [0.2, 0.25) is 11.2 Å². The lowest BCUT2D eigenvalue weighted by molar-refractivity contribution is 0.298. The Labute approximate surface area is 158 Å². The Morgan fingerprint density at radius 2 is 1.74 bits per heavy atom. The predicted molar refractivity (Wildman–Crippen MR) is 106 cm³/mol. The summed E-state index contributed by atoms with van der Waals surface area (Å²) in [5, 5.41) is 0.507. The van der Waals surface area contributed by atoms with Crippen molar-refractivity contribution in [1.82, 2.24) is 0 Å². The van der Waals surface area contributed by atoms with Crippen LogP contribution in [-0.4, -0.2) is 20.8 Å². The molecule has 0 aliphatic carbocycles. The van der Waals surface area contributed by atoms with Crippen LogP contribution in [0.25, 0.3) is 22.3 Å². The highest BCUT2D eigenvalue weighted by Gasteiger charge is 2.19. The average Bonchev–Trinajstić information content (AvgIpc) is 2.71. The number of para-hydroxylation sites is 1. The van der Waals surface area contributed by atoms with Crippen LogP contribution in [0.5, 0.6) is 17.2 Å². The number of ether oxygens (including phenoxy) is 3. The second-order valence-corrected chi connectivity index (χ2v) is 6.21. The average molecular weight is 368 g/mol. The Morgan fingerprint density at radius 1 is 0.963 bits per heavy atom. The first-order valence-electron chi connectivity index (χ1n) is 9.10. The van der Waals surface area contributed by atoms with Gasteiger partial charge in [0.25, 0.3) is 0 Å². The first kappa shape index (κ1) is 18.8. The Balaban J connectivity index is 2.13. The highest BCUT2D eigenvalue weighted by atomic mass is 16.5. The van der Waals surface area contributed by atoms with E-state index in [2.05, 4.69) is 6.92 Å². The summed E-state index contributed by atoms with van der Waals surface area (Å²) in [6.07, 6.45) is 3.01. The summed E-state index contributed by atoms with van der Waals surface area (Å²) in [6, 6.07) is 12.6. The number of hydrogen-bond donors (Lipinski definition) is 0. The molecule has 0 bridgehead atoms. The third kappa shape index (κ3) is 3.92. The lowest BCUT2D eigenvalue weighted by Crippen LogP contribution is -2.11. The molecule has 0 saturated carbocycles. The zero-order valence-corrected chi connectivity index (χ0v) is 15.9. The minimum absolute atomic E-state index is 0.168. The molecule has 0 radical (unpaired) electrons. The fourth-order valence-electron chi connectivity index (χ4n) is 2.95. The summed E-state index contributed by atoms with van der Waals surface area (Å²) in [5.41, 5.74) is 1.05. The van der Waals surface area contributed by atoms with Gasteiger partial charge in [-0.2, -0.15) is 0 Å². The smallest absolute Gasteiger partial charge is 0.235 e. The van der Waals surface area contributed by atoms with Crippen molar-refractivity contribution in [3.8, 4) is 28.6 Å². The monoisotopic (exact) mass is 368 g/mol. The van der Waals surface area contributed by atoms with E-state index in [4.69, 9.17) is 18.6 Å². The second-order valence-electron chi connectivity index (χ2n) is 6.21. The fourth-order valence-corrected chi connectivity index (χ4v) is 2.95. The standard InChI is InChI=1S/C22H24O5/c1-4-5-8-13-26-22-20(23)16-9-6-7-10-17(16)27-21(22)15-11-12-18(24-2)19(14-15)25-3/h6-7,9-12,14H,4-5,8,13H2,1-3H3. The number of unbranched alkanes of at least 4 members (excludes halogenated alkanes) is 2. The van der Waals surface area contributed by atoms with Crippen molar-refractivity contribution < 1.29 is 18.6 Å². The molecule has 0 aliphatic heterocycles. The van der Waals surface area contributed by atoms with E-state index in [0.717, 1.165) is 19.3 Å². The van der Waals surface area contributed by atoms with E-state index >= 15 is 0 Å². The normalized spacial score (nSPS) is 10.8. The molecule has 2 aromatic carbocycles. The molecule has 3 aromatic rings. The summed E-state index contributed by atoms with van der Waals surface area (Å²) < 4.78 is 22.6. The summed E-state index contributed by atoms with van der Waals surface area (Å²) in [4.78, 5) is 13.0. The number of hydrogen-bond acceptors (Lipinski definition) is 5. The van der Waals surface area contributed by atoms with Crippen molar-refractivity contribution in [2.75, 3.05) is 20.8 Å². The fraction of sp³-hybridized carbons (Fsp3) is 0.318. The first-order valence-corrected chi connectivity index (χ1v) is 9.10. The Bertz CT molecular complexity index is 974. The van der Waals surface area contributed by atoms with Gasteiger partial charge < -0.3 is 18.6 Å². The van der Waals surface area contributed by atoms with Gasteiger partial charge in [0.1, 0.15) is 5.58 Å². The maximum Gasteiger partial charge on any atom is 0.235 e. The number of benzene rings is 2. The van der Waals surface area contributed by atoms with Crippen LogP contribution in [0.4, 0.5) is 0 Å². The van der Waals surface area contributed by atoms with E-state index in [1.54, 1.807) is 38.5 Å². The SMILES string of the molecule is CCCCCOc1c(-c2ccc(OC)c(OC)c2)oc2ccccc2c1=O. The molecular weight excluding hydrogens is 344 g/mol. The van der Waals surface area contributed by atoms with Crippen LogP contribution in [0, 0.1) is 0 Å². The van der Waals surface area contributed by atoms with Gasteiger partial charge in [0, 0.05) is 5.56 Å². The van der Waals surface area contributed by atoms with Gasteiger partial charge in [-0.3, -0.25) is 4.79 Å². The van der Waals surface area contributed by atoms with Crippen LogP contribution in [0.15, 0.2) is 51.7 Å². The third-order valence-electron chi connectivity index (χ3n) is 4.40. The molecule has 3 rings (SSSR count). The maximum absolute atomic E-state index is 13.0. The summed E-state index contributed by atoms with van der Waals surface area (Å²) in [6.45, 7) is 2.59. The molecule has 0 atom stereocenters. The highest BCUT2D eigenvalue weighted by Crippen LogP contribution is 2.36. The summed E-state index contributed by atoms with van der Waals surface area (Å²) >= 11 is 0. The number of fused-ring (bicyclic) bond motifs is 1. The van der Waals surface area contributed by atoms with Crippen molar-refractivity contribution in [2.45, 2.75) is 26.2 Å². The van der Waals surface area contributed by atoms with Gasteiger partial charge in [0.15, 0.2) is 17.3 Å². The van der Waals surface area contributed by atoms with Crippen molar-refractivity contribution >= 4 is 11.0 Å².